The number of unbranched alkanes of at least 4 members (excludes halogenated alkanes) is 1. The maximum atomic E-state index is 12.3. The monoisotopic (exact) mass is 261 g/mol. The number of hydrogen-bond acceptors (Lipinski definition) is 3. The van der Waals surface area contributed by atoms with Gasteiger partial charge in [0.25, 0.3) is 5.91 Å². The SMILES string of the molecule is CCCCNc1ccnc(C(=O)N2CCCCC2)c1. The highest BCUT2D eigenvalue weighted by molar-refractivity contribution is 5.93. The average Bonchev–Trinajstić information content (AvgIpc) is 2.48. The molecule has 4 nitrogen and oxygen atoms in total. The molecule has 2 heterocycles. The molecule has 1 aliphatic rings. The van der Waals surface area contributed by atoms with Crippen LogP contribution in [0.3, 0.4) is 0 Å². The van der Waals surface area contributed by atoms with Crippen molar-refractivity contribution < 1.29 is 4.79 Å². The zero-order chi connectivity index (χ0) is 13.5. The molecule has 0 aromatic carbocycles. The molecular formula is C15H23N3O. The molecule has 0 saturated carbocycles. The van der Waals surface area contributed by atoms with Crippen LogP contribution >= 0.6 is 0 Å². The number of amides is 1. The molecule has 1 N–H and O–H groups in total. The van der Waals surface area contributed by atoms with Crippen LogP contribution in [0.4, 0.5) is 5.69 Å². The van der Waals surface area contributed by atoms with Crippen molar-refractivity contribution in [3.8, 4) is 0 Å². The minimum atomic E-state index is 0.0684. The third-order valence-corrected chi connectivity index (χ3v) is 3.48. The number of carbonyl (C=O) groups is 1. The summed E-state index contributed by atoms with van der Waals surface area (Å²) in [6.45, 7) is 4.85. The van der Waals surface area contributed by atoms with E-state index in [-0.39, 0.29) is 5.91 Å². The second-order valence-electron chi connectivity index (χ2n) is 5.06. The number of piperidine rings is 1. The number of nitrogens with zero attached hydrogens (tertiary/aromatic N) is 2. The van der Waals surface area contributed by atoms with Crippen molar-refractivity contribution in [1.29, 1.82) is 0 Å². The highest BCUT2D eigenvalue weighted by Crippen LogP contribution is 2.14. The number of rotatable bonds is 5. The summed E-state index contributed by atoms with van der Waals surface area (Å²) < 4.78 is 0. The Hall–Kier alpha value is -1.58. The van der Waals surface area contributed by atoms with Crippen molar-refractivity contribution in [2.24, 2.45) is 0 Å². The first-order valence-corrected chi connectivity index (χ1v) is 7.30. The quantitative estimate of drug-likeness (QED) is 0.829. The molecule has 1 aromatic heterocycles. The van der Waals surface area contributed by atoms with Crippen LogP contribution in [-0.4, -0.2) is 35.4 Å². The first kappa shape index (κ1) is 13.8. The molecule has 1 aromatic rings. The number of hydrogen-bond donors (Lipinski definition) is 1. The predicted molar refractivity (Wildman–Crippen MR) is 77.4 cm³/mol. The molecule has 0 radical (unpaired) electrons. The Morgan fingerprint density at radius 3 is 2.89 bits per heavy atom. The predicted octanol–water partition coefficient (Wildman–Crippen LogP) is 2.92. The van der Waals surface area contributed by atoms with Gasteiger partial charge in [-0.15, -0.1) is 0 Å². The van der Waals surface area contributed by atoms with Crippen LogP contribution in [0.2, 0.25) is 0 Å². The fourth-order valence-electron chi connectivity index (χ4n) is 2.33. The van der Waals surface area contributed by atoms with Gasteiger partial charge >= 0.3 is 0 Å². The minimum Gasteiger partial charge on any atom is -0.385 e. The molecule has 4 heteroatoms. The Bertz CT molecular complexity index is 414. The lowest BCUT2D eigenvalue weighted by molar-refractivity contribution is 0.0718. The standard InChI is InChI=1S/C15H23N3O/c1-2-3-8-16-13-7-9-17-14(12-13)15(19)18-10-5-4-6-11-18/h7,9,12H,2-6,8,10-11H2,1H3,(H,16,17). The van der Waals surface area contributed by atoms with Crippen LogP contribution in [0.5, 0.6) is 0 Å². The number of carbonyl (C=O) groups excluding carboxylic acids is 1. The van der Waals surface area contributed by atoms with Crippen molar-refractivity contribution >= 4 is 11.6 Å². The zero-order valence-corrected chi connectivity index (χ0v) is 11.7. The fourth-order valence-corrected chi connectivity index (χ4v) is 2.33. The first-order valence-electron chi connectivity index (χ1n) is 7.30. The van der Waals surface area contributed by atoms with E-state index < -0.39 is 0 Å². The van der Waals surface area contributed by atoms with E-state index in [0.29, 0.717) is 5.69 Å². The zero-order valence-electron chi connectivity index (χ0n) is 11.7. The molecule has 19 heavy (non-hydrogen) atoms. The van der Waals surface area contributed by atoms with Gasteiger partial charge in [0.2, 0.25) is 0 Å². The lowest BCUT2D eigenvalue weighted by Gasteiger charge is -2.26. The van der Waals surface area contributed by atoms with Crippen LogP contribution in [0.25, 0.3) is 0 Å². The van der Waals surface area contributed by atoms with E-state index in [1.165, 1.54) is 6.42 Å². The van der Waals surface area contributed by atoms with Crippen molar-refractivity contribution in [1.82, 2.24) is 9.88 Å². The molecule has 0 unspecified atom stereocenters. The number of nitrogens with one attached hydrogen (secondary N) is 1. The summed E-state index contributed by atoms with van der Waals surface area (Å²) in [5.74, 6) is 0.0684. The topological polar surface area (TPSA) is 45.2 Å². The molecule has 104 valence electrons. The molecule has 1 saturated heterocycles. The smallest absolute Gasteiger partial charge is 0.272 e. The van der Waals surface area contributed by atoms with E-state index in [4.69, 9.17) is 0 Å². The molecule has 1 fully saturated rings. The molecular weight excluding hydrogens is 238 g/mol. The summed E-state index contributed by atoms with van der Waals surface area (Å²) in [5.41, 5.74) is 1.55. The Morgan fingerprint density at radius 2 is 2.16 bits per heavy atom. The summed E-state index contributed by atoms with van der Waals surface area (Å²) >= 11 is 0. The van der Waals surface area contributed by atoms with Crippen LogP contribution < -0.4 is 5.32 Å². The maximum absolute atomic E-state index is 12.3. The molecule has 1 aliphatic heterocycles. The normalized spacial score (nSPS) is 15.3. The Kier molecular flexibility index (Phi) is 5.19. The van der Waals surface area contributed by atoms with E-state index >= 15 is 0 Å². The molecule has 0 bridgehead atoms. The maximum Gasteiger partial charge on any atom is 0.272 e. The van der Waals surface area contributed by atoms with Gasteiger partial charge in [-0.25, -0.2) is 0 Å². The molecule has 0 atom stereocenters. The van der Waals surface area contributed by atoms with Gasteiger partial charge in [-0.3, -0.25) is 9.78 Å². The highest BCUT2D eigenvalue weighted by Gasteiger charge is 2.19. The summed E-state index contributed by atoms with van der Waals surface area (Å²) in [6, 6.07) is 3.79. The van der Waals surface area contributed by atoms with Gasteiger partial charge in [0.05, 0.1) is 0 Å². The van der Waals surface area contributed by atoms with Crippen LogP contribution in [0.15, 0.2) is 18.3 Å². The second kappa shape index (κ2) is 7.12. The molecule has 1 amide bonds. The third kappa shape index (κ3) is 3.94. The van der Waals surface area contributed by atoms with Crippen LogP contribution in [0, 0.1) is 0 Å². The Labute approximate surface area is 115 Å². The average molecular weight is 261 g/mol. The van der Waals surface area contributed by atoms with Gasteiger partial charge < -0.3 is 10.2 Å². The van der Waals surface area contributed by atoms with Crippen molar-refractivity contribution in [2.75, 3.05) is 25.0 Å². The van der Waals surface area contributed by atoms with Gasteiger partial charge in [-0.1, -0.05) is 13.3 Å². The fraction of sp³-hybridized carbons (Fsp3) is 0.600. The summed E-state index contributed by atoms with van der Waals surface area (Å²) in [7, 11) is 0. The molecule has 2 rings (SSSR count). The number of aromatic nitrogens is 1. The van der Waals surface area contributed by atoms with Crippen LogP contribution in [-0.2, 0) is 0 Å². The number of anilines is 1. The number of pyridine rings is 1. The van der Waals surface area contributed by atoms with E-state index in [9.17, 15) is 4.79 Å². The Morgan fingerprint density at radius 1 is 1.37 bits per heavy atom. The van der Waals surface area contributed by atoms with Crippen LogP contribution in [0.1, 0.15) is 49.5 Å². The van der Waals surface area contributed by atoms with E-state index in [2.05, 4.69) is 17.2 Å². The van der Waals surface area contributed by atoms with Crippen molar-refractivity contribution in [2.45, 2.75) is 39.0 Å². The summed E-state index contributed by atoms with van der Waals surface area (Å²) in [4.78, 5) is 18.4. The lowest BCUT2D eigenvalue weighted by atomic mass is 10.1. The lowest BCUT2D eigenvalue weighted by Crippen LogP contribution is -2.36. The van der Waals surface area contributed by atoms with E-state index in [1.54, 1.807) is 6.20 Å². The number of likely N-dealkylation sites (tertiary alicyclic amines) is 1. The van der Waals surface area contributed by atoms with Gasteiger partial charge in [0, 0.05) is 31.5 Å². The third-order valence-electron chi connectivity index (χ3n) is 3.48. The van der Waals surface area contributed by atoms with E-state index in [1.807, 2.05) is 17.0 Å². The molecule has 0 spiro atoms. The second-order valence-corrected chi connectivity index (χ2v) is 5.06. The highest BCUT2D eigenvalue weighted by atomic mass is 16.2. The molecule has 0 aliphatic carbocycles. The first-order chi connectivity index (χ1) is 9.31. The van der Waals surface area contributed by atoms with Gasteiger partial charge in [0.15, 0.2) is 0 Å². The van der Waals surface area contributed by atoms with Gasteiger partial charge in [0.1, 0.15) is 5.69 Å². The summed E-state index contributed by atoms with van der Waals surface area (Å²) in [6.07, 6.45) is 7.47. The van der Waals surface area contributed by atoms with Gasteiger partial charge in [-0.2, -0.15) is 0 Å². The largest absolute Gasteiger partial charge is 0.385 e. The Balaban J connectivity index is 1.98. The van der Waals surface area contributed by atoms with E-state index in [0.717, 1.165) is 51.0 Å². The van der Waals surface area contributed by atoms with Gasteiger partial charge in [-0.05, 0) is 37.8 Å². The van der Waals surface area contributed by atoms with Crippen molar-refractivity contribution in [3.63, 3.8) is 0 Å². The minimum absolute atomic E-state index is 0.0684. The summed E-state index contributed by atoms with van der Waals surface area (Å²) in [5, 5.41) is 3.33. The van der Waals surface area contributed by atoms with Crippen molar-refractivity contribution in [3.05, 3.63) is 24.0 Å².